The van der Waals surface area contributed by atoms with Crippen molar-refractivity contribution in [3.8, 4) is 11.8 Å². The average molecular weight is 288 g/mol. The van der Waals surface area contributed by atoms with E-state index in [0.717, 1.165) is 6.07 Å². The van der Waals surface area contributed by atoms with Crippen molar-refractivity contribution in [1.82, 2.24) is 0 Å². The third-order valence-electron chi connectivity index (χ3n) is 2.50. The highest BCUT2D eigenvalue weighted by Gasteiger charge is 2.49. The molecule has 0 heterocycles. The number of halogens is 3. The minimum atomic E-state index is -4.17. The molecule has 8 heteroatoms. The number of nitrogens with two attached hydrogens (primary N) is 1. The number of phenols is 1. The molecule has 0 aliphatic heterocycles. The average Bonchev–Trinajstić information content (AvgIpc) is 2.41. The monoisotopic (exact) mass is 288 g/mol. The van der Waals surface area contributed by atoms with Gasteiger partial charge in [0.05, 0.1) is 18.2 Å². The zero-order valence-electron chi connectivity index (χ0n) is 10.4. The van der Waals surface area contributed by atoms with Crippen LogP contribution in [0, 0.1) is 17.1 Å². The minimum absolute atomic E-state index is 0.292. The van der Waals surface area contributed by atoms with E-state index in [1.54, 1.807) is 0 Å². The van der Waals surface area contributed by atoms with Gasteiger partial charge >= 0.3 is 11.9 Å². The summed E-state index contributed by atoms with van der Waals surface area (Å²) in [5, 5.41) is 18.1. The first-order valence-corrected chi connectivity index (χ1v) is 5.48. The summed E-state index contributed by atoms with van der Waals surface area (Å²) in [4.78, 5) is 11.1. The van der Waals surface area contributed by atoms with Gasteiger partial charge in [-0.25, -0.2) is 9.18 Å². The number of esters is 1. The lowest BCUT2D eigenvalue weighted by molar-refractivity contribution is -0.174. The SMILES string of the molecule is CCOC(=O)C(F)(F)[C@@H](N)c1cc(C#N)cc(F)c1O. The molecular formula is C12H11F3N2O3. The Bertz CT molecular complexity index is 570. The number of nitriles is 1. The number of rotatable bonds is 4. The van der Waals surface area contributed by atoms with Crippen LogP contribution in [0.3, 0.4) is 0 Å². The molecule has 0 bridgehead atoms. The summed E-state index contributed by atoms with van der Waals surface area (Å²) in [6.07, 6.45) is 0. The summed E-state index contributed by atoms with van der Waals surface area (Å²) in [5.41, 5.74) is 4.15. The number of hydrogen-bond donors (Lipinski definition) is 2. The van der Waals surface area contributed by atoms with E-state index in [2.05, 4.69) is 4.74 Å². The third-order valence-corrected chi connectivity index (χ3v) is 2.50. The predicted molar refractivity (Wildman–Crippen MR) is 61.3 cm³/mol. The van der Waals surface area contributed by atoms with Crippen LogP contribution in [0.5, 0.6) is 5.75 Å². The van der Waals surface area contributed by atoms with Crippen LogP contribution in [-0.2, 0) is 9.53 Å². The molecule has 1 aromatic carbocycles. The predicted octanol–water partition coefficient (Wildman–Crippen LogP) is 1.60. The summed E-state index contributed by atoms with van der Waals surface area (Å²) in [7, 11) is 0. The number of hydrogen-bond acceptors (Lipinski definition) is 5. The van der Waals surface area contributed by atoms with E-state index in [9.17, 15) is 23.1 Å². The Morgan fingerprint density at radius 2 is 2.20 bits per heavy atom. The molecule has 0 amide bonds. The van der Waals surface area contributed by atoms with Crippen LogP contribution in [0.2, 0.25) is 0 Å². The van der Waals surface area contributed by atoms with E-state index in [0.29, 0.717) is 6.07 Å². The quantitative estimate of drug-likeness (QED) is 0.820. The van der Waals surface area contributed by atoms with E-state index >= 15 is 0 Å². The summed E-state index contributed by atoms with van der Waals surface area (Å²) >= 11 is 0. The Balaban J connectivity index is 3.27. The van der Waals surface area contributed by atoms with Gasteiger partial charge in [-0.2, -0.15) is 14.0 Å². The van der Waals surface area contributed by atoms with Crippen LogP contribution >= 0.6 is 0 Å². The van der Waals surface area contributed by atoms with Crippen LogP contribution in [0.25, 0.3) is 0 Å². The summed E-state index contributed by atoms with van der Waals surface area (Å²) < 4.78 is 44.9. The van der Waals surface area contributed by atoms with Crippen LogP contribution in [0.1, 0.15) is 24.1 Å². The van der Waals surface area contributed by atoms with Crippen molar-refractivity contribution in [2.45, 2.75) is 18.9 Å². The van der Waals surface area contributed by atoms with Gasteiger partial charge < -0.3 is 15.6 Å². The number of aromatic hydroxyl groups is 1. The topological polar surface area (TPSA) is 96.3 Å². The molecule has 0 aliphatic rings. The molecule has 0 spiro atoms. The van der Waals surface area contributed by atoms with Crippen LogP contribution in [0.4, 0.5) is 13.2 Å². The lowest BCUT2D eigenvalue weighted by Gasteiger charge is -2.22. The van der Waals surface area contributed by atoms with Crippen molar-refractivity contribution in [2.24, 2.45) is 5.73 Å². The van der Waals surface area contributed by atoms with Crippen molar-refractivity contribution in [1.29, 1.82) is 5.26 Å². The molecule has 0 aromatic heterocycles. The highest BCUT2D eigenvalue weighted by atomic mass is 19.3. The van der Waals surface area contributed by atoms with Crippen LogP contribution in [0.15, 0.2) is 12.1 Å². The largest absolute Gasteiger partial charge is 0.505 e. The molecule has 1 aromatic rings. The second-order valence-corrected chi connectivity index (χ2v) is 3.83. The Labute approximate surface area is 112 Å². The molecule has 1 atom stereocenters. The fraction of sp³-hybridized carbons (Fsp3) is 0.333. The molecule has 0 aliphatic carbocycles. The second kappa shape index (κ2) is 5.79. The summed E-state index contributed by atoms with van der Waals surface area (Å²) in [6.45, 7) is 1.03. The smallest absolute Gasteiger partial charge is 0.379 e. The van der Waals surface area contributed by atoms with Gasteiger partial charge in [0.1, 0.15) is 6.04 Å². The van der Waals surface area contributed by atoms with Gasteiger partial charge in [0.2, 0.25) is 0 Å². The normalized spacial score (nSPS) is 12.6. The van der Waals surface area contributed by atoms with Gasteiger partial charge in [-0.05, 0) is 19.1 Å². The molecule has 1 rings (SSSR count). The molecule has 0 saturated heterocycles. The number of ether oxygens (including phenoxy) is 1. The molecule has 0 unspecified atom stereocenters. The molecule has 0 radical (unpaired) electrons. The van der Waals surface area contributed by atoms with Crippen molar-refractivity contribution >= 4 is 5.97 Å². The van der Waals surface area contributed by atoms with Gasteiger partial charge in [0.15, 0.2) is 11.6 Å². The van der Waals surface area contributed by atoms with Gasteiger partial charge in [0.25, 0.3) is 0 Å². The first kappa shape index (κ1) is 15.8. The van der Waals surface area contributed by atoms with Crippen LogP contribution in [-0.4, -0.2) is 23.6 Å². The summed E-state index contributed by atoms with van der Waals surface area (Å²) in [6, 6.07) is 0.634. The molecular weight excluding hydrogens is 277 g/mol. The Morgan fingerprint density at radius 1 is 1.60 bits per heavy atom. The zero-order valence-corrected chi connectivity index (χ0v) is 10.4. The van der Waals surface area contributed by atoms with Gasteiger partial charge in [-0.15, -0.1) is 0 Å². The maximum atomic E-state index is 13.7. The maximum absolute atomic E-state index is 13.7. The Kier molecular flexibility index (Phi) is 4.57. The lowest BCUT2D eigenvalue weighted by Crippen LogP contribution is -2.41. The third kappa shape index (κ3) is 2.83. The molecule has 3 N–H and O–H groups in total. The van der Waals surface area contributed by atoms with Gasteiger partial charge in [-0.1, -0.05) is 0 Å². The number of phenolic OH excluding ortho intramolecular Hbond substituents is 1. The number of nitrogens with zero attached hydrogens (tertiary/aromatic N) is 1. The Morgan fingerprint density at radius 3 is 2.70 bits per heavy atom. The summed E-state index contributed by atoms with van der Waals surface area (Å²) in [5.74, 6) is -8.49. The van der Waals surface area contributed by atoms with E-state index in [-0.39, 0.29) is 12.2 Å². The van der Waals surface area contributed by atoms with Crippen molar-refractivity contribution in [2.75, 3.05) is 6.61 Å². The number of benzene rings is 1. The van der Waals surface area contributed by atoms with Gasteiger partial charge in [0, 0.05) is 5.56 Å². The Hall–Kier alpha value is -2.27. The highest BCUT2D eigenvalue weighted by Crippen LogP contribution is 2.36. The molecule has 20 heavy (non-hydrogen) atoms. The van der Waals surface area contributed by atoms with E-state index in [1.807, 2.05) is 0 Å². The van der Waals surface area contributed by atoms with E-state index < -0.39 is 35.1 Å². The van der Waals surface area contributed by atoms with Crippen molar-refractivity contribution in [3.05, 3.63) is 29.1 Å². The standard InChI is InChI=1S/C12H11F3N2O3/c1-2-20-11(19)12(14,15)10(17)7-3-6(5-16)4-8(13)9(7)18/h3-4,10,18H,2,17H2,1H3/t10-/m0/s1. The molecule has 0 fully saturated rings. The second-order valence-electron chi connectivity index (χ2n) is 3.83. The molecule has 0 saturated carbocycles. The minimum Gasteiger partial charge on any atom is -0.505 e. The zero-order chi connectivity index (χ0) is 15.5. The first-order chi connectivity index (χ1) is 9.25. The molecule has 5 nitrogen and oxygen atoms in total. The number of alkyl halides is 2. The van der Waals surface area contributed by atoms with E-state index in [4.69, 9.17) is 11.0 Å². The molecule has 108 valence electrons. The number of carbonyl (C=O) groups excluding carboxylic acids is 1. The van der Waals surface area contributed by atoms with Gasteiger partial charge in [-0.3, -0.25) is 0 Å². The highest BCUT2D eigenvalue weighted by molar-refractivity contribution is 5.79. The first-order valence-electron chi connectivity index (χ1n) is 5.48. The maximum Gasteiger partial charge on any atom is 0.379 e. The van der Waals surface area contributed by atoms with Crippen molar-refractivity contribution in [3.63, 3.8) is 0 Å². The fourth-order valence-electron chi connectivity index (χ4n) is 1.47. The lowest BCUT2D eigenvalue weighted by atomic mass is 9.98. The van der Waals surface area contributed by atoms with Crippen molar-refractivity contribution < 1.29 is 27.8 Å². The fourth-order valence-corrected chi connectivity index (χ4v) is 1.47. The number of carbonyl (C=O) groups is 1. The van der Waals surface area contributed by atoms with Crippen LogP contribution < -0.4 is 5.73 Å². The van der Waals surface area contributed by atoms with E-state index in [1.165, 1.54) is 13.0 Å².